The SMILES string of the molecule is C#CCn1c(C)c(/C=N/NC(=O)CCc2ccccc2)c2ccccc21. The Morgan fingerprint density at radius 3 is 2.69 bits per heavy atom. The number of carbonyl (C=O) groups is 1. The van der Waals surface area contributed by atoms with E-state index >= 15 is 0 Å². The molecule has 0 aliphatic rings. The number of hydrazone groups is 1. The quantitative estimate of drug-likeness (QED) is 0.414. The highest BCUT2D eigenvalue weighted by Crippen LogP contribution is 2.24. The minimum absolute atomic E-state index is 0.102. The van der Waals surface area contributed by atoms with Crippen LogP contribution < -0.4 is 5.43 Å². The topological polar surface area (TPSA) is 46.4 Å². The lowest BCUT2D eigenvalue weighted by Crippen LogP contribution is -2.18. The summed E-state index contributed by atoms with van der Waals surface area (Å²) in [5, 5.41) is 5.22. The van der Waals surface area contributed by atoms with E-state index < -0.39 is 0 Å². The van der Waals surface area contributed by atoms with Crippen molar-refractivity contribution in [3.05, 3.63) is 71.4 Å². The first-order valence-corrected chi connectivity index (χ1v) is 8.58. The van der Waals surface area contributed by atoms with Gasteiger partial charge in [0, 0.05) is 28.6 Å². The molecule has 0 radical (unpaired) electrons. The number of terminal acetylenes is 1. The van der Waals surface area contributed by atoms with Gasteiger partial charge in [0.1, 0.15) is 0 Å². The first kappa shape index (κ1) is 17.5. The van der Waals surface area contributed by atoms with Crippen molar-refractivity contribution in [2.75, 3.05) is 0 Å². The second-order valence-corrected chi connectivity index (χ2v) is 6.09. The van der Waals surface area contributed by atoms with Gasteiger partial charge in [0.25, 0.3) is 0 Å². The molecule has 4 nitrogen and oxygen atoms in total. The van der Waals surface area contributed by atoms with Crippen LogP contribution in [0.3, 0.4) is 0 Å². The fourth-order valence-electron chi connectivity index (χ4n) is 3.04. The molecule has 0 aliphatic heterocycles. The van der Waals surface area contributed by atoms with Crippen LogP contribution in [0, 0.1) is 19.3 Å². The number of benzene rings is 2. The molecular formula is C22H21N3O. The monoisotopic (exact) mass is 343 g/mol. The third-order valence-corrected chi connectivity index (χ3v) is 4.40. The Morgan fingerprint density at radius 2 is 1.92 bits per heavy atom. The lowest BCUT2D eigenvalue weighted by Gasteiger charge is -2.03. The van der Waals surface area contributed by atoms with Gasteiger partial charge < -0.3 is 4.57 Å². The second kappa shape index (κ2) is 8.17. The molecule has 1 aromatic heterocycles. The van der Waals surface area contributed by atoms with Gasteiger partial charge in [-0.2, -0.15) is 5.10 Å². The maximum absolute atomic E-state index is 12.0. The molecule has 0 atom stereocenters. The highest BCUT2D eigenvalue weighted by Gasteiger charge is 2.11. The molecule has 0 saturated heterocycles. The number of fused-ring (bicyclic) bond motifs is 1. The standard InChI is InChI=1S/C22H21N3O/c1-3-15-25-17(2)20(19-11-7-8-12-21(19)25)16-23-24-22(26)14-13-18-9-5-4-6-10-18/h1,4-12,16H,13-15H2,2H3,(H,24,26)/b23-16+. The molecule has 26 heavy (non-hydrogen) atoms. The average Bonchev–Trinajstić information content (AvgIpc) is 2.93. The van der Waals surface area contributed by atoms with Gasteiger partial charge in [-0.3, -0.25) is 4.79 Å². The Bertz CT molecular complexity index is 978. The van der Waals surface area contributed by atoms with Gasteiger partial charge in [-0.15, -0.1) is 6.42 Å². The molecule has 1 amide bonds. The van der Waals surface area contributed by atoms with Gasteiger partial charge in [0.05, 0.1) is 12.8 Å². The van der Waals surface area contributed by atoms with Crippen molar-refractivity contribution in [1.29, 1.82) is 0 Å². The Kier molecular flexibility index (Phi) is 5.50. The van der Waals surface area contributed by atoms with Gasteiger partial charge in [-0.1, -0.05) is 54.5 Å². The van der Waals surface area contributed by atoms with Gasteiger partial charge in [0.15, 0.2) is 0 Å². The summed E-state index contributed by atoms with van der Waals surface area (Å²) in [6, 6.07) is 18.0. The van der Waals surface area contributed by atoms with E-state index in [0.717, 1.165) is 27.7 Å². The van der Waals surface area contributed by atoms with Crippen LogP contribution in [0.5, 0.6) is 0 Å². The number of carbonyl (C=O) groups excluding carboxylic acids is 1. The number of hydrogen-bond acceptors (Lipinski definition) is 2. The van der Waals surface area contributed by atoms with Crippen LogP contribution in [-0.2, 0) is 17.8 Å². The fourth-order valence-corrected chi connectivity index (χ4v) is 3.04. The van der Waals surface area contributed by atoms with Crippen LogP contribution in [-0.4, -0.2) is 16.7 Å². The molecule has 2 aromatic carbocycles. The number of amides is 1. The molecule has 4 heteroatoms. The number of para-hydroxylation sites is 1. The normalized spacial score (nSPS) is 10.9. The van der Waals surface area contributed by atoms with Crippen LogP contribution in [0.25, 0.3) is 10.9 Å². The highest BCUT2D eigenvalue weighted by molar-refractivity contribution is 6.01. The molecule has 1 N–H and O–H groups in total. The molecule has 3 rings (SSSR count). The Hall–Kier alpha value is -3.32. The Labute approximate surface area is 153 Å². The highest BCUT2D eigenvalue weighted by atomic mass is 16.2. The third kappa shape index (κ3) is 3.84. The van der Waals surface area contributed by atoms with Crippen LogP contribution in [0.2, 0.25) is 0 Å². The summed E-state index contributed by atoms with van der Waals surface area (Å²) in [6.45, 7) is 2.51. The first-order chi connectivity index (χ1) is 12.7. The molecule has 0 aliphatic carbocycles. The first-order valence-electron chi connectivity index (χ1n) is 8.58. The molecule has 130 valence electrons. The third-order valence-electron chi connectivity index (χ3n) is 4.40. The Morgan fingerprint density at radius 1 is 1.19 bits per heavy atom. The van der Waals surface area contributed by atoms with E-state index in [-0.39, 0.29) is 5.91 Å². The zero-order chi connectivity index (χ0) is 18.4. The summed E-state index contributed by atoms with van der Waals surface area (Å²) in [6.07, 6.45) is 8.29. The van der Waals surface area contributed by atoms with Crippen molar-refractivity contribution in [3.63, 3.8) is 0 Å². The predicted molar refractivity (Wildman–Crippen MR) is 106 cm³/mol. The average molecular weight is 343 g/mol. The second-order valence-electron chi connectivity index (χ2n) is 6.09. The summed E-state index contributed by atoms with van der Waals surface area (Å²) < 4.78 is 2.08. The van der Waals surface area contributed by atoms with Crippen molar-refractivity contribution in [1.82, 2.24) is 9.99 Å². The summed E-state index contributed by atoms with van der Waals surface area (Å²) in [5.74, 6) is 2.58. The van der Waals surface area contributed by atoms with Crippen molar-refractivity contribution in [2.45, 2.75) is 26.3 Å². The largest absolute Gasteiger partial charge is 0.333 e. The number of aromatic nitrogens is 1. The van der Waals surface area contributed by atoms with E-state index in [0.29, 0.717) is 19.4 Å². The fraction of sp³-hybridized carbons (Fsp3) is 0.182. The van der Waals surface area contributed by atoms with Gasteiger partial charge in [-0.25, -0.2) is 5.43 Å². The van der Waals surface area contributed by atoms with Crippen molar-refractivity contribution >= 4 is 23.0 Å². The molecule has 3 aromatic rings. The van der Waals surface area contributed by atoms with Crippen molar-refractivity contribution < 1.29 is 4.79 Å². The number of nitrogens with one attached hydrogen (secondary N) is 1. The van der Waals surface area contributed by atoms with Crippen molar-refractivity contribution in [3.8, 4) is 12.3 Å². The summed E-state index contributed by atoms with van der Waals surface area (Å²) in [7, 11) is 0. The molecule has 0 unspecified atom stereocenters. The smallest absolute Gasteiger partial charge is 0.240 e. The molecule has 0 bridgehead atoms. The molecule has 0 fully saturated rings. The minimum Gasteiger partial charge on any atom is -0.333 e. The number of nitrogens with zero attached hydrogens (tertiary/aromatic N) is 2. The molecule has 0 saturated carbocycles. The Balaban J connectivity index is 1.70. The number of aryl methyl sites for hydroxylation is 1. The summed E-state index contributed by atoms with van der Waals surface area (Å²) >= 11 is 0. The number of rotatable bonds is 6. The maximum Gasteiger partial charge on any atom is 0.240 e. The molecule has 0 spiro atoms. The van der Waals surface area contributed by atoms with Crippen LogP contribution in [0.15, 0.2) is 59.7 Å². The lowest BCUT2D eigenvalue weighted by molar-refractivity contribution is -0.121. The summed E-state index contributed by atoms with van der Waals surface area (Å²) in [5.41, 5.74) is 6.83. The van der Waals surface area contributed by atoms with E-state index in [1.165, 1.54) is 0 Å². The van der Waals surface area contributed by atoms with Gasteiger partial charge in [0.2, 0.25) is 5.91 Å². The minimum atomic E-state index is -0.102. The van der Waals surface area contributed by atoms with Crippen LogP contribution >= 0.6 is 0 Å². The van der Waals surface area contributed by atoms with E-state index in [9.17, 15) is 4.79 Å². The van der Waals surface area contributed by atoms with E-state index in [2.05, 4.69) is 21.0 Å². The van der Waals surface area contributed by atoms with Crippen molar-refractivity contribution in [2.24, 2.45) is 5.10 Å². The predicted octanol–water partition coefficient (Wildman–Crippen LogP) is 3.67. The zero-order valence-electron chi connectivity index (χ0n) is 14.8. The zero-order valence-corrected chi connectivity index (χ0v) is 14.8. The van der Waals surface area contributed by atoms with Gasteiger partial charge >= 0.3 is 0 Å². The van der Waals surface area contributed by atoms with E-state index in [4.69, 9.17) is 6.42 Å². The maximum atomic E-state index is 12.0. The van der Waals surface area contributed by atoms with E-state index in [1.807, 2.05) is 61.5 Å². The van der Waals surface area contributed by atoms with Crippen LogP contribution in [0.4, 0.5) is 0 Å². The van der Waals surface area contributed by atoms with E-state index in [1.54, 1.807) is 6.21 Å². The van der Waals surface area contributed by atoms with Crippen LogP contribution in [0.1, 0.15) is 23.2 Å². The number of hydrogen-bond donors (Lipinski definition) is 1. The summed E-state index contributed by atoms with van der Waals surface area (Å²) in [4.78, 5) is 12.0. The van der Waals surface area contributed by atoms with Gasteiger partial charge in [-0.05, 0) is 25.0 Å². The molecular weight excluding hydrogens is 322 g/mol. The molecule has 1 heterocycles. The lowest BCUT2D eigenvalue weighted by atomic mass is 10.1.